The van der Waals surface area contributed by atoms with E-state index in [1.54, 1.807) is 0 Å². The van der Waals surface area contributed by atoms with Gasteiger partial charge in [-0.1, -0.05) is 0 Å². The zero-order chi connectivity index (χ0) is 13.1. The monoisotopic (exact) mass is 261 g/mol. The van der Waals surface area contributed by atoms with Crippen LogP contribution in [0.4, 0.5) is 0 Å². The zero-order valence-electron chi connectivity index (χ0n) is 11.3. The van der Waals surface area contributed by atoms with E-state index in [0.717, 1.165) is 45.1 Å². The molecule has 4 heteroatoms. The van der Waals surface area contributed by atoms with Crippen molar-refractivity contribution in [2.75, 3.05) is 6.61 Å². The van der Waals surface area contributed by atoms with E-state index in [0.29, 0.717) is 0 Å². The van der Waals surface area contributed by atoms with Crippen LogP contribution < -0.4 is 0 Å². The fourth-order valence-electron chi connectivity index (χ4n) is 4.50. The molecule has 19 heavy (non-hydrogen) atoms. The topological polar surface area (TPSA) is 51.5 Å². The first kappa shape index (κ1) is 11.9. The molecule has 5 aliphatic rings. The molecule has 0 N–H and O–H groups in total. The van der Waals surface area contributed by atoms with Crippen molar-refractivity contribution in [2.45, 2.75) is 62.8 Å². The van der Waals surface area contributed by atoms with Crippen LogP contribution >= 0.6 is 0 Å². The largest absolute Gasteiger partial charge is 0.374 e. The second kappa shape index (κ2) is 3.60. The van der Waals surface area contributed by atoms with Gasteiger partial charge >= 0.3 is 0 Å². The van der Waals surface area contributed by atoms with Crippen LogP contribution in [0.2, 0.25) is 0 Å². The van der Waals surface area contributed by atoms with Crippen molar-refractivity contribution in [1.82, 2.24) is 0 Å². The molecule has 0 aromatic heterocycles. The lowest BCUT2D eigenvalue weighted by molar-refractivity contribution is -0.429. The molecule has 1 spiro atoms. The summed E-state index contributed by atoms with van der Waals surface area (Å²) in [5, 5.41) is 9.89. The van der Waals surface area contributed by atoms with Gasteiger partial charge in [0.05, 0.1) is 24.2 Å². The fourth-order valence-corrected chi connectivity index (χ4v) is 4.50. The molecule has 4 nitrogen and oxygen atoms in total. The number of ether oxygens (including phenoxy) is 1. The van der Waals surface area contributed by atoms with Crippen LogP contribution in [0, 0.1) is 16.7 Å². The standard InChI is InChI=1S/C15H19NO3/c1-13-6-7-14(10-16)5-2-3-12-15(14,19-18-13)11(9-13)4-8-17-12/h9,12H,2-8H2,1H3/t12?,13-,14?,15-/m1/s1. The summed E-state index contributed by atoms with van der Waals surface area (Å²) in [7, 11) is 0. The Balaban J connectivity index is 1.96. The zero-order valence-corrected chi connectivity index (χ0v) is 11.3. The Bertz CT molecular complexity index is 494. The number of fused-ring (bicyclic) bond motifs is 2. The Morgan fingerprint density at radius 2 is 2.21 bits per heavy atom. The second-order valence-corrected chi connectivity index (χ2v) is 6.58. The SMILES string of the molecule is C[C@]12C=C3CCOC4CCCC(C#N)(CC1)[C@@]34OO2. The van der Waals surface area contributed by atoms with Gasteiger partial charge in [0.25, 0.3) is 0 Å². The summed E-state index contributed by atoms with van der Waals surface area (Å²) >= 11 is 0. The Kier molecular flexibility index (Phi) is 2.26. The highest BCUT2D eigenvalue weighted by atomic mass is 17.2. The third-order valence-electron chi connectivity index (χ3n) is 5.51. The summed E-state index contributed by atoms with van der Waals surface area (Å²) in [6.45, 7) is 2.79. The highest BCUT2D eigenvalue weighted by Crippen LogP contribution is 2.61. The van der Waals surface area contributed by atoms with Crippen LogP contribution in [0.3, 0.4) is 0 Å². The van der Waals surface area contributed by atoms with Crippen LogP contribution in [0.15, 0.2) is 11.6 Å². The maximum Gasteiger partial charge on any atom is 0.169 e. The Hall–Kier alpha value is -0.890. The molecule has 2 saturated heterocycles. The van der Waals surface area contributed by atoms with Crippen molar-refractivity contribution in [3.8, 4) is 6.07 Å². The van der Waals surface area contributed by atoms with Crippen molar-refractivity contribution in [2.24, 2.45) is 5.41 Å². The molecule has 3 heterocycles. The fraction of sp³-hybridized carbons (Fsp3) is 0.800. The molecule has 0 aromatic rings. The molecule has 2 aliphatic carbocycles. The highest BCUT2D eigenvalue weighted by Gasteiger charge is 2.68. The van der Waals surface area contributed by atoms with E-state index >= 15 is 0 Å². The van der Waals surface area contributed by atoms with E-state index in [9.17, 15) is 5.26 Å². The molecule has 2 bridgehead atoms. The number of hydrogen-bond acceptors (Lipinski definition) is 4. The van der Waals surface area contributed by atoms with Gasteiger partial charge in [0, 0.05) is 0 Å². The van der Waals surface area contributed by atoms with Crippen molar-refractivity contribution < 1.29 is 14.5 Å². The molecule has 102 valence electrons. The molecule has 3 aliphatic heterocycles. The third-order valence-corrected chi connectivity index (χ3v) is 5.51. The van der Waals surface area contributed by atoms with Crippen molar-refractivity contribution in [3.05, 3.63) is 11.6 Å². The van der Waals surface area contributed by atoms with E-state index in [4.69, 9.17) is 14.5 Å². The maximum absolute atomic E-state index is 9.89. The van der Waals surface area contributed by atoms with Crippen LogP contribution in [-0.2, 0) is 14.5 Å². The number of hydrogen-bond donors (Lipinski definition) is 0. The minimum atomic E-state index is -0.645. The van der Waals surface area contributed by atoms with Gasteiger partial charge in [-0.05, 0) is 57.1 Å². The molecule has 5 rings (SSSR count). The molecule has 3 fully saturated rings. The number of nitrogens with zero attached hydrogens (tertiary/aromatic N) is 1. The average Bonchev–Trinajstić information content (AvgIpc) is 2.63. The molecule has 4 atom stereocenters. The van der Waals surface area contributed by atoms with Gasteiger partial charge in [-0.2, -0.15) is 5.26 Å². The van der Waals surface area contributed by atoms with Gasteiger partial charge in [0.15, 0.2) is 5.60 Å². The van der Waals surface area contributed by atoms with E-state index in [1.807, 2.05) is 0 Å². The lowest BCUT2D eigenvalue weighted by atomic mass is 9.57. The van der Waals surface area contributed by atoms with Crippen LogP contribution in [0.1, 0.15) is 45.4 Å². The summed E-state index contributed by atoms with van der Waals surface area (Å²) < 4.78 is 5.96. The first-order valence-corrected chi connectivity index (χ1v) is 7.26. The Labute approximate surface area is 113 Å². The Morgan fingerprint density at radius 3 is 3.05 bits per heavy atom. The number of nitriles is 1. The van der Waals surface area contributed by atoms with Crippen molar-refractivity contribution >= 4 is 0 Å². The number of rotatable bonds is 0. The van der Waals surface area contributed by atoms with Gasteiger partial charge in [-0.25, -0.2) is 9.78 Å². The van der Waals surface area contributed by atoms with Gasteiger partial charge < -0.3 is 4.74 Å². The smallest absolute Gasteiger partial charge is 0.169 e. The average molecular weight is 261 g/mol. The van der Waals surface area contributed by atoms with Crippen LogP contribution in [0.5, 0.6) is 0 Å². The molecule has 0 radical (unpaired) electrons. The summed E-state index contributed by atoms with van der Waals surface area (Å²) in [5.41, 5.74) is -0.245. The molecule has 2 unspecified atom stereocenters. The Morgan fingerprint density at radius 1 is 1.32 bits per heavy atom. The van der Waals surface area contributed by atoms with Crippen molar-refractivity contribution in [1.29, 1.82) is 5.26 Å². The third kappa shape index (κ3) is 1.29. The van der Waals surface area contributed by atoms with Crippen LogP contribution in [-0.4, -0.2) is 23.9 Å². The summed E-state index contributed by atoms with van der Waals surface area (Å²) in [6.07, 6.45) is 7.62. The van der Waals surface area contributed by atoms with Gasteiger partial charge in [-0.3, -0.25) is 0 Å². The predicted molar refractivity (Wildman–Crippen MR) is 66.9 cm³/mol. The molecular formula is C15H19NO3. The minimum absolute atomic E-state index is 0.0245. The highest BCUT2D eigenvalue weighted by molar-refractivity contribution is 5.38. The first-order chi connectivity index (χ1) is 9.14. The molecule has 0 amide bonds. The van der Waals surface area contributed by atoms with Gasteiger partial charge in [0.1, 0.15) is 5.60 Å². The van der Waals surface area contributed by atoms with Crippen molar-refractivity contribution in [3.63, 3.8) is 0 Å². The van der Waals surface area contributed by atoms with E-state index < -0.39 is 11.0 Å². The first-order valence-electron chi connectivity index (χ1n) is 7.26. The normalized spacial score (nSPS) is 51.8. The predicted octanol–water partition coefficient (Wildman–Crippen LogP) is 2.65. The summed E-state index contributed by atoms with van der Waals surface area (Å²) in [5.74, 6) is 0. The van der Waals surface area contributed by atoms with E-state index in [1.165, 1.54) is 5.57 Å². The molecule has 0 aromatic carbocycles. The summed E-state index contributed by atoms with van der Waals surface area (Å²) in [6, 6.07) is 2.60. The lowest BCUT2D eigenvalue weighted by Gasteiger charge is -2.55. The van der Waals surface area contributed by atoms with Gasteiger partial charge in [0.2, 0.25) is 0 Å². The maximum atomic E-state index is 9.89. The lowest BCUT2D eigenvalue weighted by Crippen LogP contribution is -2.64. The van der Waals surface area contributed by atoms with Gasteiger partial charge in [-0.15, -0.1) is 0 Å². The van der Waals surface area contributed by atoms with E-state index in [-0.39, 0.29) is 11.7 Å². The van der Waals surface area contributed by atoms with E-state index in [2.05, 4.69) is 19.1 Å². The quantitative estimate of drug-likeness (QED) is 0.497. The van der Waals surface area contributed by atoms with Crippen LogP contribution in [0.25, 0.3) is 0 Å². The molecule has 1 saturated carbocycles. The second-order valence-electron chi connectivity index (χ2n) is 6.58. The molecular weight excluding hydrogens is 242 g/mol. The summed E-state index contributed by atoms with van der Waals surface area (Å²) in [4.78, 5) is 11.6. The minimum Gasteiger partial charge on any atom is -0.374 e.